The minimum Gasteiger partial charge on any atom is -0.443 e. The Morgan fingerprint density at radius 1 is 1.35 bits per heavy atom. The number of ether oxygens (including phenoxy) is 1. The van der Waals surface area contributed by atoms with Gasteiger partial charge >= 0.3 is 6.09 Å². The van der Waals surface area contributed by atoms with Crippen LogP contribution in [0.2, 0.25) is 0 Å². The van der Waals surface area contributed by atoms with Gasteiger partial charge in [-0.25, -0.2) is 9.78 Å². The minimum absolute atomic E-state index is 0.210. The van der Waals surface area contributed by atoms with Crippen molar-refractivity contribution in [2.24, 2.45) is 0 Å². The zero-order valence-corrected chi connectivity index (χ0v) is 13.6. The van der Waals surface area contributed by atoms with Crippen LogP contribution >= 0.6 is 0 Å². The van der Waals surface area contributed by atoms with Crippen molar-refractivity contribution in [2.45, 2.75) is 44.9 Å². The van der Waals surface area contributed by atoms with Gasteiger partial charge in [0, 0.05) is 38.3 Å². The van der Waals surface area contributed by atoms with E-state index in [1.54, 1.807) is 4.90 Å². The van der Waals surface area contributed by atoms with Gasteiger partial charge < -0.3 is 19.9 Å². The molecule has 0 aliphatic carbocycles. The predicted molar refractivity (Wildman–Crippen MR) is 87.5 cm³/mol. The van der Waals surface area contributed by atoms with Crippen molar-refractivity contribution in [3.05, 3.63) is 23.4 Å². The maximum Gasteiger partial charge on any atom is 0.410 e. The average molecular weight is 316 g/mol. The molecule has 0 aromatic carbocycles. The first kappa shape index (κ1) is 14.8. The highest BCUT2D eigenvalue weighted by Gasteiger charge is 2.36. The first-order valence-corrected chi connectivity index (χ1v) is 8.62. The number of piperazine rings is 1. The number of anilines is 1. The molecule has 6 heteroatoms. The van der Waals surface area contributed by atoms with E-state index in [0.29, 0.717) is 12.1 Å². The fourth-order valence-corrected chi connectivity index (χ4v) is 3.93. The van der Waals surface area contributed by atoms with Crippen LogP contribution in [0.15, 0.2) is 12.1 Å². The lowest BCUT2D eigenvalue weighted by molar-refractivity contribution is 0.103. The van der Waals surface area contributed by atoms with Crippen LogP contribution < -0.4 is 10.2 Å². The standard InChI is InChI=1S/C17H24N4O2/c1-12-9-18-10-15-8-13-4-5-14(19-16(13)21(12)15)11-23-17(22)20-6-2-3-7-20/h4-5,12,15,18H,2-3,6-11H2,1H3/t12-,15-/m1/s1. The quantitative estimate of drug-likeness (QED) is 0.897. The lowest BCUT2D eigenvalue weighted by Gasteiger charge is -2.37. The van der Waals surface area contributed by atoms with Gasteiger partial charge in [-0.3, -0.25) is 0 Å². The van der Waals surface area contributed by atoms with E-state index < -0.39 is 0 Å². The molecule has 0 spiro atoms. The number of amides is 1. The maximum atomic E-state index is 12.0. The van der Waals surface area contributed by atoms with Gasteiger partial charge in [0.1, 0.15) is 12.4 Å². The number of hydrogen-bond donors (Lipinski definition) is 1. The Kier molecular flexibility index (Phi) is 3.85. The molecule has 3 aliphatic heterocycles. The molecule has 1 aromatic rings. The number of rotatable bonds is 2. The Morgan fingerprint density at radius 3 is 3.00 bits per heavy atom. The lowest BCUT2D eigenvalue weighted by atomic mass is 10.1. The molecule has 0 bridgehead atoms. The fraction of sp³-hybridized carbons (Fsp3) is 0.647. The fourth-order valence-electron chi connectivity index (χ4n) is 3.93. The molecule has 124 valence electrons. The van der Waals surface area contributed by atoms with E-state index in [0.717, 1.165) is 57.0 Å². The summed E-state index contributed by atoms with van der Waals surface area (Å²) in [6.45, 7) is 6.13. The Hall–Kier alpha value is -1.82. The summed E-state index contributed by atoms with van der Waals surface area (Å²) < 4.78 is 5.43. The first-order chi connectivity index (χ1) is 11.2. The van der Waals surface area contributed by atoms with Crippen LogP contribution in [0.3, 0.4) is 0 Å². The third kappa shape index (κ3) is 2.76. The summed E-state index contributed by atoms with van der Waals surface area (Å²) in [5.41, 5.74) is 2.14. The number of nitrogens with zero attached hydrogens (tertiary/aromatic N) is 3. The SMILES string of the molecule is C[C@@H]1CNC[C@H]2Cc3ccc(COC(=O)N4CCCC4)nc3N21. The Bertz CT molecular complexity index is 600. The smallest absolute Gasteiger partial charge is 0.410 e. The molecule has 1 aromatic heterocycles. The van der Waals surface area contributed by atoms with Crippen LogP contribution in [0, 0.1) is 0 Å². The van der Waals surface area contributed by atoms with E-state index in [9.17, 15) is 4.79 Å². The van der Waals surface area contributed by atoms with Crippen molar-refractivity contribution in [3.8, 4) is 0 Å². The monoisotopic (exact) mass is 316 g/mol. The molecule has 6 nitrogen and oxygen atoms in total. The van der Waals surface area contributed by atoms with E-state index >= 15 is 0 Å². The largest absolute Gasteiger partial charge is 0.443 e. The Balaban J connectivity index is 1.45. The number of hydrogen-bond acceptors (Lipinski definition) is 5. The second-order valence-corrected chi connectivity index (χ2v) is 6.81. The van der Waals surface area contributed by atoms with Crippen LogP contribution in [-0.2, 0) is 17.8 Å². The average Bonchev–Trinajstić information content (AvgIpc) is 3.20. The number of fused-ring (bicyclic) bond motifs is 3. The topological polar surface area (TPSA) is 57.7 Å². The summed E-state index contributed by atoms with van der Waals surface area (Å²) >= 11 is 0. The molecule has 0 unspecified atom stereocenters. The zero-order valence-electron chi connectivity index (χ0n) is 13.6. The number of carbonyl (C=O) groups excluding carboxylic acids is 1. The van der Waals surface area contributed by atoms with Crippen molar-refractivity contribution in [2.75, 3.05) is 31.1 Å². The van der Waals surface area contributed by atoms with Gasteiger partial charge in [-0.1, -0.05) is 6.07 Å². The molecule has 0 radical (unpaired) electrons. The van der Waals surface area contributed by atoms with Crippen LogP contribution in [0.25, 0.3) is 0 Å². The summed E-state index contributed by atoms with van der Waals surface area (Å²) in [4.78, 5) is 21.0. The molecule has 3 aliphatic rings. The van der Waals surface area contributed by atoms with E-state index in [-0.39, 0.29) is 12.7 Å². The molecule has 2 atom stereocenters. The van der Waals surface area contributed by atoms with E-state index in [1.165, 1.54) is 5.56 Å². The predicted octanol–water partition coefficient (Wildman–Crippen LogP) is 1.54. The van der Waals surface area contributed by atoms with Crippen LogP contribution in [0.1, 0.15) is 31.0 Å². The van der Waals surface area contributed by atoms with E-state index in [4.69, 9.17) is 9.72 Å². The van der Waals surface area contributed by atoms with Gasteiger partial charge in [-0.05, 0) is 37.8 Å². The molecular formula is C17H24N4O2. The molecule has 1 amide bonds. The van der Waals surface area contributed by atoms with Gasteiger partial charge in [0.25, 0.3) is 0 Å². The van der Waals surface area contributed by atoms with Gasteiger partial charge in [0.05, 0.1) is 5.69 Å². The normalized spacial score (nSPS) is 26.1. The second-order valence-electron chi connectivity index (χ2n) is 6.81. The number of aromatic nitrogens is 1. The first-order valence-electron chi connectivity index (χ1n) is 8.62. The van der Waals surface area contributed by atoms with Crippen molar-refractivity contribution in [1.29, 1.82) is 0 Å². The lowest BCUT2D eigenvalue weighted by Crippen LogP contribution is -2.55. The van der Waals surface area contributed by atoms with Gasteiger partial charge in [0.15, 0.2) is 0 Å². The number of carbonyl (C=O) groups is 1. The van der Waals surface area contributed by atoms with Crippen LogP contribution in [0.4, 0.5) is 10.6 Å². The molecular weight excluding hydrogens is 292 g/mol. The molecule has 2 fully saturated rings. The highest BCUT2D eigenvalue weighted by Crippen LogP contribution is 2.33. The number of likely N-dealkylation sites (tertiary alicyclic amines) is 1. The second kappa shape index (κ2) is 6.00. The summed E-state index contributed by atoms with van der Waals surface area (Å²) in [5, 5.41) is 3.48. The Labute approximate surface area is 136 Å². The minimum atomic E-state index is -0.210. The third-order valence-electron chi connectivity index (χ3n) is 5.11. The summed E-state index contributed by atoms with van der Waals surface area (Å²) in [7, 11) is 0. The van der Waals surface area contributed by atoms with Crippen molar-refractivity contribution >= 4 is 11.9 Å². The van der Waals surface area contributed by atoms with Crippen molar-refractivity contribution < 1.29 is 9.53 Å². The van der Waals surface area contributed by atoms with Crippen LogP contribution in [-0.4, -0.2) is 54.2 Å². The third-order valence-corrected chi connectivity index (χ3v) is 5.11. The van der Waals surface area contributed by atoms with Crippen molar-refractivity contribution in [3.63, 3.8) is 0 Å². The number of nitrogens with one attached hydrogen (secondary N) is 1. The summed E-state index contributed by atoms with van der Waals surface area (Å²) in [6, 6.07) is 5.09. The zero-order chi connectivity index (χ0) is 15.8. The highest BCUT2D eigenvalue weighted by atomic mass is 16.6. The molecule has 2 saturated heterocycles. The summed E-state index contributed by atoms with van der Waals surface area (Å²) in [5.74, 6) is 1.08. The summed E-state index contributed by atoms with van der Waals surface area (Å²) in [6.07, 6.45) is 2.99. The van der Waals surface area contributed by atoms with Gasteiger partial charge in [-0.15, -0.1) is 0 Å². The Morgan fingerprint density at radius 2 is 2.17 bits per heavy atom. The molecule has 4 heterocycles. The molecule has 1 N–H and O–H groups in total. The van der Waals surface area contributed by atoms with Gasteiger partial charge in [-0.2, -0.15) is 0 Å². The molecule has 23 heavy (non-hydrogen) atoms. The van der Waals surface area contributed by atoms with Gasteiger partial charge in [0.2, 0.25) is 0 Å². The highest BCUT2D eigenvalue weighted by molar-refractivity contribution is 5.67. The molecule has 4 rings (SSSR count). The van der Waals surface area contributed by atoms with Crippen molar-refractivity contribution in [1.82, 2.24) is 15.2 Å². The maximum absolute atomic E-state index is 12.0. The molecule has 0 saturated carbocycles. The number of pyridine rings is 1. The van der Waals surface area contributed by atoms with E-state index in [2.05, 4.69) is 23.2 Å². The van der Waals surface area contributed by atoms with E-state index in [1.807, 2.05) is 6.07 Å². The van der Waals surface area contributed by atoms with Crippen LogP contribution in [0.5, 0.6) is 0 Å².